The van der Waals surface area contributed by atoms with Gasteiger partial charge in [-0.2, -0.15) is 0 Å². The standard InChI is InChI=1S/C16H13NO4/c1-19-11-8-12(20-2)15-13(9-11)21-14(16(15)18)7-10-3-5-17-6-4-10/h3-9H,1-2H3/b14-7-. The van der Waals surface area contributed by atoms with Gasteiger partial charge >= 0.3 is 0 Å². The van der Waals surface area contributed by atoms with E-state index in [4.69, 9.17) is 14.2 Å². The number of pyridine rings is 1. The lowest BCUT2D eigenvalue weighted by Gasteiger charge is -2.07. The average Bonchev–Trinajstić information content (AvgIpc) is 2.83. The Labute approximate surface area is 121 Å². The van der Waals surface area contributed by atoms with Crippen LogP contribution in [0.4, 0.5) is 0 Å². The van der Waals surface area contributed by atoms with Gasteiger partial charge in [0.25, 0.3) is 0 Å². The van der Waals surface area contributed by atoms with E-state index in [-0.39, 0.29) is 11.5 Å². The molecular weight excluding hydrogens is 270 g/mol. The second kappa shape index (κ2) is 5.28. The Morgan fingerprint density at radius 1 is 1.14 bits per heavy atom. The minimum absolute atomic E-state index is 0.207. The number of Topliss-reactive ketones (excluding diaryl/α,β-unsaturated/α-hetero) is 1. The SMILES string of the molecule is COc1cc(OC)c2c(c1)O/C(=C\c1ccncc1)C2=O. The Hall–Kier alpha value is -2.82. The second-order valence-corrected chi connectivity index (χ2v) is 4.42. The van der Waals surface area contributed by atoms with Crippen LogP contribution < -0.4 is 14.2 Å². The molecule has 0 unspecified atom stereocenters. The van der Waals surface area contributed by atoms with Crippen molar-refractivity contribution in [1.82, 2.24) is 4.98 Å². The lowest BCUT2D eigenvalue weighted by molar-refractivity contribution is 0.101. The highest BCUT2D eigenvalue weighted by atomic mass is 16.5. The van der Waals surface area contributed by atoms with Gasteiger partial charge in [0.15, 0.2) is 5.76 Å². The topological polar surface area (TPSA) is 57.6 Å². The predicted molar refractivity (Wildman–Crippen MR) is 76.7 cm³/mol. The van der Waals surface area contributed by atoms with Crippen LogP contribution in [0.25, 0.3) is 6.08 Å². The normalized spacial score (nSPS) is 14.8. The summed E-state index contributed by atoms with van der Waals surface area (Å²) >= 11 is 0. The molecule has 1 aromatic carbocycles. The summed E-state index contributed by atoms with van der Waals surface area (Å²) in [5, 5.41) is 0. The summed E-state index contributed by atoms with van der Waals surface area (Å²) in [4.78, 5) is 16.4. The minimum atomic E-state index is -0.207. The van der Waals surface area contributed by atoms with E-state index in [1.54, 1.807) is 49.8 Å². The number of fused-ring (bicyclic) bond motifs is 1. The number of rotatable bonds is 3. The van der Waals surface area contributed by atoms with Gasteiger partial charge in [0.1, 0.15) is 22.8 Å². The largest absolute Gasteiger partial charge is 0.496 e. The summed E-state index contributed by atoms with van der Waals surface area (Å²) in [5.41, 5.74) is 1.26. The van der Waals surface area contributed by atoms with E-state index >= 15 is 0 Å². The molecule has 2 aromatic rings. The molecular formula is C16H13NO4. The van der Waals surface area contributed by atoms with Crippen LogP contribution in [-0.4, -0.2) is 25.0 Å². The van der Waals surface area contributed by atoms with Crippen LogP contribution in [0.2, 0.25) is 0 Å². The van der Waals surface area contributed by atoms with E-state index in [9.17, 15) is 4.79 Å². The molecule has 0 spiro atoms. The maximum atomic E-state index is 12.5. The molecule has 0 bridgehead atoms. The van der Waals surface area contributed by atoms with Crippen molar-refractivity contribution in [1.29, 1.82) is 0 Å². The van der Waals surface area contributed by atoms with Crippen molar-refractivity contribution in [3.8, 4) is 17.2 Å². The first kappa shape index (κ1) is 13.2. The van der Waals surface area contributed by atoms with Crippen molar-refractivity contribution < 1.29 is 19.0 Å². The van der Waals surface area contributed by atoms with Crippen molar-refractivity contribution in [2.24, 2.45) is 0 Å². The molecule has 21 heavy (non-hydrogen) atoms. The zero-order chi connectivity index (χ0) is 14.8. The molecule has 0 atom stereocenters. The summed E-state index contributed by atoms with van der Waals surface area (Å²) < 4.78 is 16.1. The molecule has 1 aliphatic heterocycles. The third-order valence-corrected chi connectivity index (χ3v) is 3.17. The van der Waals surface area contributed by atoms with Gasteiger partial charge in [-0.05, 0) is 23.8 Å². The van der Waals surface area contributed by atoms with E-state index in [0.717, 1.165) is 5.56 Å². The highest BCUT2D eigenvalue weighted by Crippen LogP contribution is 2.41. The van der Waals surface area contributed by atoms with Crippen molar-refractivity contribution in [3.05, 3.63) is 53.5 Å². The molecule has 0 amide bonds. The number of carbonyl (C=O) groups is 1. The molecule has 3 rings (SSSR count). The zero-order valence-corrected chi connectivity index (χ0v) is 11.6. The summed E-state index contributed by atoms with van der Waals surface area (Å²) in [5.74, 6) is 1.50. The highest BCUT2D eigenvalue weighted by molar-refractivity contribution is 6.16. The molecule has 106 valence electrons. The van der Waals surface area contributed by atoms with Gasteiger partial charge < -0.3 is 14.2 Å². The number of ketones is 1. The quantitative estimate of drug-likeness (QED) is 0.811. The number of methoxy groups -OCH3 is 2. The first-order valence-corrected chi connectivity index (χ1v) is 6.33. The highest BCUT2D eigenvalue weighted by Gasteiger charge is 2.32. The van der Waals surface area contributed by atoms with E-state index in [1.807, 2.05) is 0 Å². The monoisotopic (exact) mass is 283 g/mol. The predicted octanol–water partition coefficient (Wildman–Crippen LogP) is 2.72. The summed E-state index contributed by atoms with van der Waals surface area (Å²) in [6, 6.07) is 6.92. The molecule has 0 N–H and O–H groups in total. The van der Waals surface area contributed by atoms with Crippen LogP contribution >= 0.6 is 0 Å². The van der Waals surface area contributed by atoms with E-state index < -0.39 is 0 Å². The van der Waals surface area contributed by atoms with Crippen LogP contribution in [0.15, 0.2) is 42.4 Å². The van der Waals surface area contributed by atoms with Gasteiger partial charge in [-0.1, -0.05) is 0 Å². The fourth-order valence-corrected chi connectivity index (χ4v) is 2.14. The molecule has 0 radical (unpaired) electrons. The van der Waals surface area contributed by atoms with Crippen molar-refractivity contribution in [2.75, 3.05) is 14.2 Å². The number of ether oxygens (including phenoxy) is 3. The van der Waals surface area contributed by atoms with Crippen molar-refractivity contribution in [2.45, 2.75) is 0 Å². The Morgan fingerprint density at radius 2 is 1.90 bits per heavy atom. The van der Waals surface area contributed by atoms with Crippen LogP contribution in [0.5, 0.6) is 17.2 Å². The van der Waals surface area contributed by atoms with Crippen LogP contribution in [0, 0.1) is 0 Å². The van der Waals surface area contributed by atoms with Gasteiger partial charge in [-0.15, -0.1) is 0 Å². The molecule has 0 saturated carbocycles. The maximum Gasteiger partial charge on any atom is 0.235 e. The lowest BCUT2D eigenvalue weighted by Crippen LogP contribution is -2.00. The Kier molecular flexibility index (Phi) is 3.31. The van der Waals surface area contributed by atoms with Gasteiger partial charge in [0.2, 0.25) is 5.78 Å². The van der Waals surface area contributed by atoms with Gasteiger partial charge in [0.05, 0.1) is 14.2 Å². The fourth-order valence-electron chi connectivity index (χ4n) is 2.14. The molecule has 1 aliphatic rings. The number of hydrogen-bond acceptors (Lipinski definition) is 5. The van der Waals surface area contributed by atoms with Gasteiger partial charge in [-0.3, -0.25) is 9.78 Å². The number of benzene rings is 1. The number of aromatic nitrogens is 1. The van der Waals surface area contributed by atoms with E-state index in [2.05, 4.69) is 4.98 Å². The van der Waals surface area contributed by atoms with Crippen molar-refractivity contribution >= 4 is 11.9 Å². The number of nitrogens with zero attached hydrogens (tertiary/aromatic N) is 1. The number of allylic oxidation sites excluding steroid dienone is 1. The fraction of sp³-hybridized carbons (Fsp3) is 0.125. The van der Waals surface area contributed by atoms with Gasteiger partial charge in [-0.25, -0.2) is 0 Å². The molecule has 0 fully saturated rings. The second-order valence-electron chi connectivity index (χ2n) is 4.42. The lowest BCUT2D eigenvalue weighted by atomic mass is 10.1. The Morgan fingerprint density at radius 3 is 2.57 bits per heavy atom. The van der Waals surface area contributed by atoms with Crippen LogP contribution in [0.3, 0.4) is 0 Å². The van der Waals surface area contributed by atoms with E-state index in [0.29, 0.717) is 22.8 Å². The van der Waals surface area contributed by atoms with E-state index in [1.165, 1.54) is 7.11 Å². The van der Waals surface area contributed by atoms with Crippen LogP contribution in [0.1, 0.15) is 15.9 Å². The molecule has 1 aromatic heterocycles. The minimum Gasteiger partial charge on any atom is -0.496 e. The molecule has 2 heterocycles. The number of carbonyl (C=O) groups excluding carboxylic acids is 1. The Balaban J connectivity index is 2.04. The molecule has 5 heteroatoms. The van der Waals surface area contributed by atoms with Crippen LogP contribution in [-0.2, 0) is 0 Å². The van der Waals surface area contributed by atoms with Crippen molar-refractivity contribution in [3.63, 3.8) is 0 Å². The van der Waals surface area contributed by atoms with Gasteiger partial charge in [0, 0.05) is 24.5 Å². The first-order chi connectivity index (χ1) is 10.2. The molecule has 0 aliphatic carbocycles. The maximum absolute atomic E-state index is 12.5. The third kappa shape index (κ3) is 2.33. The first-order valence-electron chi connectivity index (χ1n) is 6.33. The molecule has 5 nitrogen and oxygen atoms in total. The number of hydrogen-bond donors (Lipinski definition) is 0. The summed E-state index contributed by atoms with van der Waals surface area (Å²) in [6.45, 7) is 0. The molecule has 0 saturated heterocycles. The zero-order valence-electron chi connectivity index (χ0n) is 11.6. The summed E-state index contributed by atoms with van der Waals surface area (Å²) in [7, 11) is 3.05. The summed E-state index contributed by atoms with van der Waals surface area (Å²) in [6.07, 6.45) is 4.99. The smallest absolute Gasteiger partial charge is 0.235 e. The average molecular weight is 283 g/mol. The Bertz CT molecular complexity index is 723. The third-order valence-electron chi connectivity index (χ3n) is 3.17.